The van der Waals surface area contributed by atoms with Gasteiger partial charge in [0.2, 0.25) is 0 Å². The number of benzene rings is 1. The second-order valence-electron chi connectivity index (χ2n) is 7.12. The van der Waals surface area contributed by atoms with E-state index in [0.29, 0.717) is 18.0 Å². The molecule has 0 fully saturated rings. The maximum Gasteiger partial charge on any atom is 0.333 e. The Balaban J connectivity index is 0.00000225. The predicted octanol–water partition coefficient (Wildman–Crippen LogP) is 2.02. The van der Waals surface area contributed by atoms with Gasteiger partial charge in [-0.05, 0) is 55.9 Å². The van der Waals surface area contributed by atoms with Crippen molar-refractivity contribution in [2.45, 2.75) is 50.6 Å². The van der Waals surface area contributed by atoms with Crippen molar-refractivity contribution in [1.82, 2.24) is 14.5 Å². The van der Waals surface area contributed by atoms with E-state index in [4.69, 9.17) is 4.74 Å². The molecule has 2 aromatic rings. The first-order chi connectivity index (χ1) is 12.8. The van der Waals surface area contributed by atoms with E-state index in [1.165, 1.54) is 16.3 Å². The summed E-state index contributed by atoms with van der Waals surface area (Å²) in [5.74, 6) is 0.660. The summed E-state index contributed by atoms with van der Waals surface area (Å²) >= 11 is 0. The van der Waals surface area contributed by atoms with E-state index >= 15 is 0 Å². The molecule has 2 aliphatic rings. The van der Waals surface area contributed by atoms with Crippen LogP contribution < -0.4 is 14.8 Å². The fourth-order valence-corrected chi connectivity index (χ4v) is 4.44. The number of hydrogen-bond donors (Lipinski definition) is 2. The molecule has 2 heterocycles. The molecule has 0 bridgehead atoms. The molecule has 4 rings (SSSR count). The molecule has 1 aliphatic heterocycles. The van der Waals surface area contributed by atoms with Crippen LogP contribution in [-0.2, 0) is 29.3 Å². The maximum atomic E-state index is 12.5. The van der Waals surface area contributed by atoms with Gasteiger partial charge in [-0.2, -0.15) is 13.5 Å². The molecule has 1 aliphatic carbocycles. The van der Waals surface area contributed by atoms with Crippen LogP contribution in [0.2, 0.25) is 0 Å². The molecule has 1 radical (unpaired) electrons. The van der Waals surface area contributed by atoms with Gasteiger partial charge in [0.05, 0.1) is 12.3 Å². The third kappa shape index (κ3) is 3.94. The summed E-state index contributed by atoms with van der Waals surface area (Å²) in [7, 11) is -4.06. The Morgan fingerprint density at radius 1 is 1.25 bits per heavy atom. The number of carbonyl (C=O) groups is 1. The van der Waals surface area contributed by atoms with E-state index in [1.54, 1.807) is 6.20 Å². The maximum absolute atomic E-state index is 12.5. The van der Waals surface area contributed by atoms with E-state index in [2.05, 4.69) is 16.5 Å². The first-order valence-corrected chi connectivity index (χ1v) is 10.5. The molecule has 2 N–H and O–H groups in total. The number of urea groups is 1. The standard InChI is InChI=1S/C18H22N4O4S.Na/c1-11(2)22-8-6-15(20-22)27(24,25)21-18(23)19-16-14-5-3-4-12(14)10-13-7-9-26-17(13)16;/h6,8,10-11H,3-5,7,9H2,1-2H3,(H2,19,21,23);. The summed E-state index contributed by atoms with van der Waals surface area (Å²) in [6.07, 6.45) is 5.18. The van der Waals surface area contributed by atoms with Gasteiger partial charge in [0.25, 0.3) is 10.0 Å². The van der Waals surface area contributed by atoms with Gasteiger partial charge < -0.3 is 10.1 Å². The molecule has 0 saturated carbocycles. The molecule has 0 unspecified atom stereocenters. The fraction of sp³-hybridized carbons (Fsp3) is 0.444. The molecule has 2 amide bonds. The summed E-state index contributed by atoms with van der Waals surface area (Å²) in [5, 5.41) is 6.54. The number of aryl methyl sites for hydroxylation is 1. The van der Waals surface area contributed by atoms with Crippen LogP contribution in [0.1, 0.15) is 43.0 Å². The molecular formula is C18H22N4NaO4S. The topological polar surface area (TPSA) is 102 Å². The second kappa shape index (κ2) is 8.06. The fourth-order valence-electron chi connectivity index (χ4n) is 3.60. The summed E-state index contributed by atoms with van der Waals surface area (Å²) in [5.41, 5.74) is 3.89. The molecule has 0 atom stereocenters. The summed E-state index contributed by atoms with van der Waals surface area (Å²) < 4.78 is 34.2. The van der Waals surface area contributed by atoms with Crippen LogP contribution in [0.3, 0.4) is 0 Å². The zero-order chi connectivity index (χ0) is 19.2. The van der Waals surface area contributed by atoms with E-state index in [9.17, 15) is 13.2 Å². The summed E-state index contributed by atoms with van der Waals surface area (Å²) in [6, 6.07) is 2.72. The van der Waals surface area contributed by atoms with E-state index < -0.39 is 16.1 Å². The molecule has 0 saturated heterocycles. The number of ether oxygens (including phenoxy) is 1. The SMILES string of the molecule is CC(C)n1ccc(S(=O)(=O)NC(=O)Nc2c3c(cc4c2OCC4)CCC3)n1.[Na]. The van der Waals surface area contributed by atoms with Gasteiger partial charge in [-0.1, -0.05) is 6.07 Å². The van der Waals surface area contributed by atoms with Crippen LogP contribution >= 0.6 is 0 Å². The first kappa shape index (κ1) is 21.2. The number of rotatable bonds is 4. The van der Waals surface area contributed by atoms with Crippen molar-refractivity contribution in [3.63, 3.8) is 0 Å². The third-order valence-corrected chi connectivity index (χ3v) is 6.12. The Kier molecular flexibility index (Phi) is 6.09. The second-order valence-corrected chi connectivity index (χ2v) is 8.75. The number of fused-ring (bicyclic) bond motifs is 2. The summed E-state index contributed by atoms with van der Waals surface area (Å²) in [4.78, 5) is 12.5. The van der Waals surface area contributed by atoms with Crippen molar-refractivity contribution in [3.05, 3.63) is 35.0 Å². The molecule has 8 nitrogen and oxygen atoms in total. The molecule has 0 spiro atoms. The smallest absolute Gasteiger partial charge is 0.333 e. The molecule has 1 aromatic heterocycles. The average molecular weight is 413 g/mol. The normalized spacial score (nSPS) is 14.8. The van der Waals surface area contributed by atoms with Crippen LogP contribution in [0.15, 0.2) is 23.4 Å². The number of aromatic nitrogens is 2. The van der Waals surface area contributed by atoms with Crippen LogP contribution in [0.4, 0.5) is 10.5 Å². The first-order valence-electron chi connectivity index (χ1n) is 9.04. The molecule has 28 heavy (non-hydrogen) atoms. The Morgan fingerprint density at radius 2 is 2.04 bits per heavy atom. The Labute approximate surface area is 186 Å². The van der Waals surface area contributed by atoms with E-state index in [0.717, 1.165) is 36.8 Å². The number of anilines is 1. The van der Waals surface area contributed by atoms with Gasteiger partial charge in [0.15, 0.2) is 5.03 Å². The van der Waals surface area contributed by atoms with Gasteiger partial charge in [0, 0.05) is 48.2 Å². The van der Waals surface area contributed by atoms with Crippen molar-refractivity contribution >= 4 is 51.3 Å². The van der Waals surface area contributed by atoms with Gasteiger partial charge in [-0.3, -0.25) is 4.68 Å². The number of sulfonamides is 1. The number of carbonyl (C=O) groups excluding carboxylic acids is 1. The minimum atomic E-state index is -4.06. The van der Waals surface area contributed by atoms with E-state index in [1.807, 2.05) is 18.6 Å². The Hall–Kier alpha value is -1.55. The van der Waals surface area contributed by atoms with Crippen LogP contribution in [0.25, 0.3) is 0 Å². The average Bonchev–Trinajstić information content (AvgIpc) is 3.34. The minimum absolute atomic E-state index is 0. The number of nitrogens with zero attached hydrogens (tertiary/aromatic N) is 2. The van der Waals surface area contributed by atoms with Crippen LogP contribution in [-0.4, -0.2) is 60.4 Å². The van der Waals surface area contributed by atoms with Crippen molar-refractivity contribution in [2.24, 2.45) is 0 Å². The zero-order valence-electron chi connectivity index (χ0n) is 16.3. The number of nitrogens with one attached hydrogen (secondary N) is 2. The van der Waals surface area contributed by atoms with Crippen LogP contribution in [0, 0.1) is 0 Å². The van der Waals surface area contributed by atoms with Crippen LogP contribution in [0.5, 0.6) is 5.75 Å². The number of hydrogen-bond acceptors (Lipinski definition) is 5. The van der Waals surface area contributed by atoms with E-state index in [-0.39, 0.29) is 40.6 Å². The third-order valence-electron chi connectivity index (χ3n) is 4.90. The molecule has 10 heteroatoms. The Morgan fingerprint density at radius 3 is 2.75 bits per heavy atom. The molecule has 145 valence electrons. The quantitative estimate of drug-likeness (QED) is 0.747. The van der Waals surface area contributed by atoms with Gasteiger partial charge >= 0.3 is 6.03 Å². The van der Waals surface area contributed by atoms with Crippen molar-refractivity contribution < 1.29 is 17.9 Å². The largest absolute Gasteiger partial charge is 0.491 e. The number of amides is 2. The van der Waals surface area contributed by atoms with Crippen molar-refractivity contribution in [3.8, 4) is 5.75 Å². The molecule has 1 aromatic carbocycles. The van der Waals surface area contributed by atoms with Crippen molar-refractivity contribution in [1.29, 1.82) is 0 Å². The van der Waals surface area contributed by atoms with Crippen molar-refractivity contribution in [2.75, 3.05) is 11.9 Å². The van der Waals surface area contributed by atoms with Gasteiger partial charge in [-0.25, -0.2) is 9.52 Å². The molecular weight excluding hydrogens is 391 g/mol. The van der Waals surface area contributed by atoms with Gasteiger partial charge in [0.1, 0.15) is 5.75 Å². The predicted molar refractivity (Wildman–Crippen MR) is 105 cm³/mol. The monoisotopic (exact) mass is 413 g/mol. The minimum Gasteiger partial charge on any atom is -0.491 e. The Bertz CT molecular complexity index is 985. The zero-order valence-corrected chi connectivity index (χ0v) is 19.1. The van der Waals surface area contributed by atoms with Gasteiger partial charge in [-0.15, -0.1) is 0 Å². The summed E-state index contributed by atoms with van der Waals surface area (Å²) in [6.45, 7) is 4.35.